The molecule has 0 aromatic carbocycles. The quantitative estimate of drug-likeness (QED) is 0.850. The van der Waals surface area contributed by atoms with E-state index in [1.807, 2.05) is 16.7 Å². The van der Waals surface area contributed by atoms with Crippen molar-refractivity contribution in [3.63, 3.8) is 0 Å². The number of nitrogens with zero attached hydrogens (tertiary/aromatic N) is 4. The zero-order chi connectivity index (χ0) is 13.6. The number of nitrogens with two attached hydrogens (primary N) is 1. The topological polar surface area (TPSA) is 69.1 Å². The third-order valence-electron chi connectivity index (χ3n) is 5.03. The molecule has 0 bridgehead atoms. The maximum Gasteiger partial charge on any atom is 0.254 e. The minimum Gasteiger partial charge on any atom is -0.327 e. The molecule has 1 aliphatic rings. The largest absolute Gasteiger partial charge is 0.327 e. The molecule has 0 spiro atoms. The molecule has 0 saturated heterocycles. The summed E-state index contributed by atoms with van der Waals surface area (Å²) in [5.41, 5.74) is 6.35. The zero-order valence-electron chi connectivity index (χ0n) is 11.7. The molecule has 2 aromatic rings. The zero-order valence-corrected chi connectivity index (χ0v) is 11.7. The number of fused-ring (bicyclic) bond motifs is 1. The van der Waals surface area contributed by atoms with Crippen LogP contribution in [-0.2, 0) is 0 Å². The number of aromatic nitrogens is 4. The first kappa shape index (κ1) is 12.5. The van der Waals surface area contributed by atoms with Crippen LogP contribution in [0, 0.1) is 11.3 Å². The van der Waals surface area contributed by atoms with E-state index in [-0.39, 0.29) is 11.5 Å². The van der Waals surface area contributed by atoms with Gasteiger partial charge in [-0.2, -0.15) is 0 Å². The Morgan fingerprint density at radius 1 is 1.32 bits per heavy atom. The number of rotatable bonds is 1. The lowest BCUT2D eigenvalue weighted by Crippen LogP contribution is -2.46. The van der Waals surface area contributed by atoms with E-state index in [1.54, 1.807) is 6.20 Å². The van der Waals surface area contributed by atoms with E-state index in [1.165, 1.54) is 0 Å². The first-order chi connectivity index (χ1) is 9.01. The first-order valence-electron chi connectivity index (χ1n) is 6.93. The highest BCUT2D eigenvalue weighted by molar-refractivity contribution is 5.28. The summed E-state index contributed by atoms with van der Waals surface area (Å²) in [6, 6.07) is 2.20. The van der Waals surface area contributed by atoms with Crippen molar-refractivity contribution in [2.45, 2.75) is 45.6 Å². The molecular weight excluding hydrogens is 238 g/mol. The van der Waals surface area contributed by atoms with Crippen molar-refractivity contribution in [1.82, 2.24) is 19.6 Å². The van der Waals surface area contributed by atoms with Crippen LogP contribution in [0.25, 0.3) is 5.78 Å². The molecule has 2 aromatic heterocycles. The average Bonchev–Trinajstić information content (AvgIpc) is 2.80. The van der Waals surface area contributed by atoms with Crippen molar-refractivity contribution in [1.29, 1.82) is 0 Å². The van der Waals surface area contributed by atoms with Crippen LogP contribution in [0.2, 0.25) is 0 Å². The standard InChI is InChI=1S/C14H21N5/c1-9-11(15)6-5-10(14(9,2)3)12-17-18-13-16-7-4-8-19(12)13/h4,7-11H,5-6,15H2,1-3H3. The lowest BCUT2D eigenvalue weighted by molar-refractivity contribution is 0.0942. The van der Waals surface area contributed by atoms with Gasteiger partial charge in [-0.25, -0.2) is 4.98 Å². The summed E-state index contributed by atoms with van der Waals surface area (Å²) < 4.78 is 2.01. The van der Waals surface area contributed by atoms with Gasteiger partial charge in [-0.3, -0.25) is 4.40 Å². The Hall–Kier alpha value is -1.49. The monoisotopic (exact) mass is 259 g/mol. The van der Waals surface area contributed by atoms with Crippen molar-refractivity contribution < 1.29 is 0 Å². The lowest BCUT2D eigenvalue weighted by atomic mass is 9.61. The van der Waals surface area contributed by atoms with E-state index in [9.17, 15) is 0 Å². The van der Waals surface area contributed by atoms with Crippen LogP contribution in [0.3, 0.4) is 0 Å². The van der Waals surface area contributed by atoms with E-state index in [2.05, 4.69) is 36.0 Å². The molecule has 0 aliphatic heterocycles. The minimum absolute atomic E-state index is 0.121. The minimum atomic E-state index is 0.121. The van der Waals surface area contributed by atoms with Gasteiger partial charge in [0.1, 0.15) is 5.82 Å². The van der Waals surface area contributed by atoms with Crippen LogP contribution in [0.15, 0.2) is 18.5 Å². The summed E-state index contributed by atoms with van der Waals surface area (Å²) in [7, 11) is 0. The molecule has 2 heterocycles. The molecule has 3 atom stereocenters. The van der Waals surface area contributed by atoms with Gasteiger partial charge in [0, 0.05) is 24.4 Å². The van der Waals surface area contributed by atoms with Crippen molar-refractivity contribution >= 4 is 5.78 Å². The van der Waals surface area contributed by atoms with E-state index in [0.29, 0.717) is 17.6 Å². The molecule has 1 saturated carbocycles. The van der Waals surface area contributed by atoms with Crippen molar-refractivity contribution in [3.05, 3.63) is 24.3 Å². The summed E-state index contributed by atoms with van der Waals surface area (Å²) in [5.74, 6) is 2.54. The second kappa shape index (κ2) is 4.27. The SMILES string of the molecule is CC1C(N)CCC(c2nnc3ncccn23)C1(C)C. The molecule has 3 unspecified atom stereocenters. The molecule has 1 aliphatic carbocycles. The van der Waals surface area contributed by atoms with E-state index in [4.69, 9.17) is 5.73 Å². The predicted octanol–water partition coefficient (Wildman–Crippen LogP) is 1.99. The van der Waals surface area contributed by atoms with Gasteiger partial charge in [0.05, 0.1) is 0 Å². The van der Waals surface area contributed by atoms with Gasteiger partial charge >= 0.3 is 0 Å². The van der Waals surface area contributed by atoms with Crippen molar-refractivity contribution in [2.24, 2.45) is 17.1 Å². The van der Waals surface area contributed by atoms with Crippen LogP contribution >= 0.6 is 0 Å². The Bertz CT molecular complexity index is 588. The molecule has 0 radical (unpaired) electrons. The van der Waals surface area contributed by atoms with E-state index in [0.717, 1.165) is 18.7 Å². The Balaban J connectivity index is 2.06. The Labute approximate surface area is 113 Å². The number of hydrogen-bond acceptors (Lipinski definition) is 4. The normalized spacial score (nSPS) is 30.6. The second-order valence-corrected chi connectivity index (χ2v) is 6.25. The molecular formula is C14H21N5. The highest BCUT2D eigenvalue weighted by atomic mass is 15.3. The van der Waals surface area contributed by atoms with Gasteiger partial charge in [0.25, 0.3) is 5.78 Å². The van der Waals surface area contributed by atoms with Gasteiger partial charge in [-0.1, -0.05) is 20.8 Å². The molecule has 5 heteroatoms. The Morgan fingerprint density at radius 2 is 2.11 bits per heavy atom. The third-order valence-corrected chi connectivity index (χ3v) is 5.03. The smallest absolute Gasteiger partial charge is 0.254 e. The fraction of sp³-hybridized carbons (Fsp3) is 0.643. The van der Waals surface area contributed by atoms with Crippen molar-refractivity contribution in [3.8, 4) is 0 Å². The first-order valence-corrected chi connectivity index (χ1v) is 6.93. The predicted molar refractivity (Wildman–Crippen MR) is 73.7 cm³/mol. The van der Waals surface area contributed by atoms with Gasteiger partial charge in [-0.05, 0) is 30.2 Å². The molecule has 5 nitrogen and oxygen atoms in total. The highest BCUT2D eigenvalue weighted by Gasteiger charge is 2.44. The lowest BCUT2D eigenvalue weighted by Gasteiger charge is -2.46. The van der Waals surface area contributed by atoms with Gasteiger partial charge in [0.2, 0.25) is 0 Å². The van der Waals surface area contributed by atoms with Crippen LogP contribution in [-0.4, -0.2) is 25.6 Å². The fourth-order valence-electron chi connectivity index (χ4n) is 3.31. The Kier molecular flexibility index (Phi) is 2.82. The van der Waals surface area contributed by atoms with Gasteiger partial charge in [0.15, 0.2) is 0 Å². The van der Waals surface area contributed by atoms with Crippen LogP contribution in [0.5, 0.6) is 0 Å². The second-order valence-electron chi connectivity index (χ2n) is 6.25. The maximum absolute atomic E-state index is 6.23. The fourth-order valence-corrected chi connectivity index (χ4v) is 3.31. The van der Waals surface area contributed by atoms with Crippen molar-refractivity contribution in [2.75, 3.05) is 0 Å². The van der Waals surface area contributed by atoms with Gasteiger partial charge < -0.3 is 5.73 Å². The molecule has 19 heavy (non-hydrogen) atoms. The maximum atomic E-state index is 6.23. The van der Waals surface area contributed by atoms with E-state index >= 15 is 0 Å². The summed E-state index contributed by atoms with van der Waals surface area (Å²) in [6.45, 7) is 6.83. The van der Waals surface area contributed by atoms with Gasteiger partial charge in [-0.15, -0.1) is 10.2 Å². The highest BCUT2D eigenvalue weighted by Crippen LogP contribution is 2.49. The molecule has 3 rings (SSSR count). The molecule has 0 amide bonds. The summed E-state index contributed by atoms with van der Waals surface area (Å²) in [4.78, 5) is 4.24. The summed E-state index contributed by atoms with van der Waals surface area (Å²) >= 11 is 0. The summed E-state index contributed by atoms with van der Waals surface area (Å²) in [6.07, 6.45) is 5.85. The van der Waals surface area contributed by atoms with Crippen LogP contribution in [0.4, 0.5) is 0 Å². The molecule has 1 fully saturated rings. The molecule has 2 N–H and O–H groups in total. The van der Waals surface area contributed by atoms with Crippen LogP contribution in [0.1, 0.15) is 45.4 Å². The summed E-state index contributed by atoms with van der Waals surface area (Å²) in [5, 5.41) is 8.56. The number of hydrogen-bond donors (Lipinski definition) is 1. The van der Waals surface area contributed by atoms with Crippen LogP contribution < -0.4 is 5.73 Å². The van der Waals surface area contributed by atoms with E-state index < -0.39 is 0 Å². The third kappa shape index (κ3) is 1.84. The molecule has 102 valence electrons. The Morgan fingerprint density at radius 3 is 2.89 bits per heavy atom. The average molecular weight is 259 g/mol.